The van der Waals surface area contributed by atoms with Gasteiger partial charge in [0, 0.05) is 12.2 Å². The molecule has 3 nitrogen and oxygen atoms in total. The van der Waals surface area contributed by atoms with Gasteiger partial charge in [0.25, 0.3) is 0 Å². The maximum Gasteiger partial charge on any atom is 0.239 e. The second kappa shape index (κ2) is 10.3. The van der Waals surface area contributed by atoms with E-state index in [1.165, 1.54) is 36.8 Å². The van der Waals surface area contributed by atoms with Gasteiger partial charge in [0.2, 0.25) is 5.91 Å². The number of hydrogen-bond acceptors (Lipinski definition) is 2. The summed E-state index contributed by atoms with van der Waals surface area (Å²) in [5, 5.41) is 6.27. The first-order valence-corrected chi connectivity index (χ1v) is 8.28. The van der Waals surface area contributed by atoms with Crippen LogP contribution in [-0.2, 0) is 11.2 Å². The van der Waals surface area contributed by atoms with Crippen LogP contribution in [0.15, 0.2) is 18.2 Å². The van der Waals surface area contributed by atoms with Crippen molar-refractivity contribution in [2.24, 2.45) is 0 Å². The minimum absolute atomic E-state index is 0.0794. The molecule has 2 N–H and O–H groups in total. The summed E-state index contributed by atoms with van der Waals surface area (Å²) in [6.07, 6.45) is 7.08. The molecule has 1 aromatic rings. The van der Waals surface area contributed by atoms with E-state index in [0.29, 0.717) is 6.54 Å². The summed E-state index contributed by atoms with van der Waals surface area (Å²) in [5.41, 5.74) is 3.57. The Kier molecular flexibility index (Phi) is 8.56. The van der Waals surface area contributed by atoms with Crippen LogP contribution in [0.2, 0.25) is 0 Å². The Balaban J connectivity index is 2.27. The maximum atomic E-state index is 11.8. The molecule has 0 unspecified atom stereocenters. The predicted octanol–water partition coefficient (Wildman–Crippen LogP) is 4.06. The lowest BCUT2D eigenvalue weighted by molar-refractivity contribution is -0.119. The molecular formula is C18H30N2O. The number of nitrogens with one attached hydrogen (secondary N) is 2. The van der Waals surface area contributed by atoms with Gasteiger partial charge < -0.3 is 10.6 Å². The molecule has 21 heavy (non-hydrogen) atoms. The zero-order chi connectivity index (χ0) is 15.5. The lowest BCUT2D eigenvalue weighted by Gasteiger charge is -2.14. The molecule has 1 rings (SSSR count). The highest BCUT2D eigenvalue weighted by Crippen LogP contribution is 2.20. The molecule has 1 amide bonds. The Morgan fingerprint density at radius 3 is 2.57 bits per heavy atom. The number of amides is 1. The molecule has 0 radical (unpaired) electrons. The summed E-state index contributed by atoms with van der Waals surface area (Å²) in [6.45, 7) is 7.57. The first-order valence-electron chi connectivity index (χ1n) is 8.28. The van der Waals surface area contributed by atoms with Gasteiger partial charge in [-0.3, -0.25) is 4.79 Å². The van der Waals surface area contributed by atoms with Crippen LogP contribution < -0.4 is 10.6 Å². The second-order valence-electron chi connectivity index (χ2n) is 5.58. The van der Waals surface area contributed by atoms with Crippen molar-refractivity contribution in [3.8, 4) is 0 Å². The number of carbonyl (C=O) groups is 1. The van der Waals surface area contributed by atoms with Gasteiger partial charge in [-0.25, -0.2) is 0 Å². The standard InChI is InChI=1S/C18H30N2O/c1-4-6-7-8-9-13-19-17(21)14-20-18-15(3)11-10-12-16(18)5-2/h10-12,20H,4-9,13-14H2,1-3H3,(H,19,21). The van der Waals surface area contributed by atoms with E-state index in [4.69, 9.17) is 0 Å². The Morgan fingerprint density at radius 2 is 1.86 bits per heavy atom. The van der Waals surface area contributed by atoms with Crippen molar-refractivity contribution < 1.29 is 4.79 Å². The van der Waals surface area contributed by atoms with Crippen molar-refractivity contribution in [3.05, 3.63) is 29.3 Å². The van der Waals surface area contributed by atoms with Gasteiger partial charge in [0.1, 0.15) is 0 Å². The molecule has 0 saturated carbocycles. The van der Waals surface area contributed by atoms with Crippen LogP contribution in [0.3, 0.4) is 0 Å². The molecule has 0 atom stereocenters. The first kappa shape index (κ1) is 17.5. The third-order valence-corrected chi connectivity index (χ3v) is 3.77. The zero-order valence-electron chi connectivity index (χ0n) is 13.8. The lowest BCUT2D eigenvalue weighted by Crippen LogP contribution is -2.30. The molecular weight excluding hydrogens is 260 g/mol. The van der Waals surface area contributed by atoms with E-state index in [-0.39, 0.29) is 5.91 Å². The van der Waals surface area contributed by atoms with E-state index >= 15 is 0 Å². The molecule has 0 aliphatic rings. The highest BCUT2D eigenvalue weighted by Gasteiger charge is 2.06. The SMILES string of the molecule is CCCCCCCNC(=O)CNc1c(C)cccc1CC. The number of carbonyl (C=O) groups excluding carboxylic acids is 1. The van der Waals surface area contributed by atoms with Gasteiger partial charge >= 0.3 is 0 Å². The number of aryl methyl sites for hydroxylation is 2. The van der Waals surface area contributed by atoms with Gasteiger partial charge in [-0.15, -0.1) is 0 Å². The van der Waals surface area contributed by atoms with Crippen molar-refractivity contribution in [2.75, 3.05) is 18.4 Å². The third kappa shape index (κ3) is 6.65. The maximum absolute atomic E-state index is 11.8. The summed E-state index contributed by atoms with van der Waals surface area (Å²) >= 11 is 0. The van der Waals surface area contributed by atoms with Crippen LogP contribution >= 0.6 is 0 Å². The lowest BCUT2D eigenvalue weighted by atomic mass is 10.1. The largest absolute Gasteiger partial charge is 0.376 e. The topological polar surface area (TPSA) is 41.1 Å². The Bertz CT molecular complexity index is 429. The van der Waals surface area contributed by atoms with Gasteiger partial charge in [-0.2, -0.15) is 0 Å². The molecule has 3 heteroatoms. The van der Waals surface area contributed by atoms with E-state index < -0.39 is 0 Å². The summed E-state index contributed by atoms with van der Waals surface area (Å²) < 4.78 is 0. The summed E-state index contributed by atoms with van der Waals surface area (Å²) in [4.78, 5) is 11.8. The fourth-order valence-corrected chi connectivity index (χ4v) is 2.46. The van der Waals surface area contributed by atoms with Crippen LogP contribution in [0.1, 0.15) is 57.1 Å². The molecule has 0 heterocycles. The van der Waals surface area contributed by atoms with E-state index in [1.807, 2.05) is 0 Å². The van der Waals surface area contributed by atoms with E-state index in [2.05, 4.69) is 49.6 Å². The second-order valence-corrected chi connectivity index (χ2v) is 5.58. The van der Waals surface area contributed by atoms with Crippen molar-refractivity contribution in [1.82, 2.24) is 5.32 Å². The fraction of sp³-hybridized carbons (Fsp3) is 0.611. The minimum atomic E-state index is 0.0794. The molecule has 118 valence electrons. The van der Waals surface area contributed by atoms with Gasteiger partial charge in [-0.05, 0) is 30.9 Å². The van der Waals surface area contributed by atoms with Crippen LogP contribution in [0, 0.1) is 6.92 Å². The van der Waals surface area contributed by atoms with Gasteiger partial charge in [0.15, 0.2) is 0 Å². The van der Waals surface area contributed by atoms with E-state index in [1.54, 1.807) is 0 Å². The van der Waals surface area contributed by atoms with Gasteiger partial charge in [-0.1, -0.05) is 57.7 Å². The van der Waals surface area contributed by atoms with E-state index in [9.17, 15) is 4.79 Å². The summed E-state index contributed by atoms with van der Waals surface area (Å²) in [7, 11) is 0. The number of anilines is 1. The Labute approximate surface area is 129 Å². The minimum Gasteiger partial charge on any atom is -0.376 e. The molecule has 0 fully saturated rings. The number of hydrogen-bond donors (Lipinski definition) is 2. The molecule has 0 bridgehead atoms. The monoisotopic (exact) mass is 290 g/mol. The average Bonchev–Trinajstić information content (AvgIpc) is 2.49. The fourth-order valence-electron chi connectivity index (χ4n) is 2.46. The zero-order valence-corrected chi connectivity index (χ0v) is 13.8. The van der Waals surface area contributed by atoms with Crippen molar-refractivity contribution >= 4 is 11.6 Å². The number of para-hydroxylation sites is 1. The summed E-state index contributed by atoms with van der Waals surface area (Å²) in [6, 6.07) is 6.25. The molecule has 0 aliphatic carbocycles. The Hall–Kier alpha value is -1.51. The molecule has 1 aromatic carbocycles. The van der Waals surface area contributed by atoms with Crippen molar-refractivity contribution in [1.29, 1.82) is 0 Å². The highest BCUT2D eigenvalue weighted by atomic mass is 16.1. The Morgan fingerprint density at radius 1 is 1.10 bits per heavy atom. The molecule has 0 aliphatic heterocycles. The molecule has 0 spiro atoms. The van der Waals surface area contributed by atoms with Crippen LogP contribution in [0.4, 0.5) is 5.69 Å². The molecule has 0 aromatic heterocycles. The van der Waals surface area contributed by atoms with Gasteiger partial charge in [0.05, 0.1) is 6.54 Å². The van der Waals surface area contributed by atoms with Crippen molar-refractivity contribution in [2.45, 2.75) is 59.3 Å². The quantitative estimate of drug-likeness (QED) is 0.638. The number of unbranched alkanes of at least 4 members (excludes halogenated alkanes) is 4. The molecule has 0 saturated heterocycles. The van der Waals surface area contributed by atoms with Crippen LogP contribution in [-0.4, -0.2) is 19.0 Å². The average molecular weight is 290 g/mol. The summed E-state index contributed by atoms with van der Waals surface area (Å²) in [5.74, 6) is 0.0794. The van der Waals surface area contributed by atoms with E-state index in [0.717, 1.165) is 25.1 Å². The predicted molar refractivity (Wildman–Crippen MR) is 90.8 cm³/mol. The normalized spacial score (nSPS) is 10.4. The first-order chi connectivity index (χ1) is 10.2. The highest BCUT2D eigenvalue weighted by molar-refractivity contribution is 5.81. The van der Waals surface area contributed by atoms with Crippen LogP contribution in [0.25, 0.3) is 0 Å². The third-order valence-electron chi connectivity index (χ3n) is 3.77. The van der Waals surface area contributed by atoms with Crippen molar-refractivity contribution in [3.63, 3.8) is 0 Å². The smallest absolute Gasteiger partial charge is 0.239 e. The number of benzene rings is 1. The number of rotatable bonds is 10. The van der Waals surface area contributed by atoms with Crippen LogP contribution in [0.5, 0.6) is 0 Å².